The molecule has 0 radical (unpaired) electrons. The molecule has 1 saturated heterocycles. The fourth-order valence-electron chi connectivity index (χ4n) is 2.95. The zero-order valence-corrected chi connectivity index (χ0v) is 17.8. The number of anilines is 1. The Hall–Kier alpha value is -2.46. The van der Waals surface area contributed by atoms with Crippen molar-refractivity contribution in [1.29, 1.82) is 0 Å². The fourth-order valence-corrected chi connectivity index (χ4v) is 4.65. The van der Waals surface area contributed by atoms with Gasteiger partial charge >= 0.3 is 5.97 Å². The van der Waals surface area contributed by atoms with Crippen molar-refractivity contribution < 1.29 is 27.5 Å². The molecule has 30 heavy (non-hydrogen) atoms. The normalized spacial score (nSPS) is 14.9. The van der Waals surface area contributed by atoms with E-state index in [0.29, 0.717) is 43.1 Å². The Morgan fingerprint density at radius 2 is 1.80 bits per heavy atom. The molecule has 0 saturated carbocycles. The maximum atomic E-state index is 12.5. The molecule has 1 heterocycles. The summed E-state index contributed by atoms with van der Waals surface area (Å²) >= 11 is 5.98. The molecule has 1 fully saturated rings. The summed E-state index contributed by atoms with van der Waals surface area (Å²) in [4.78, 5) is 24.2. The Labute approximate surface area is 179 Å². The number of rotatable bonds is 6. The van der Waals surface area contributed by atoms with Gasteiger partial charge in [0.15, 0.2) is 0 Å². The lowest BCUT2D eigenvalue weighted by Crippen LogP contribution is -2.41. The lowest BCUT2D eigenvalue weighted by atomic mass is 10.1. The van der Waals surface area contributed by atoms with Gasteiger partial charge in [0.2, 0.25) is 10.0 Å². The summed E-state index contributed by atoms with van der Waals surface area (Å²) < 4.78 is 36.3. The number of ether oxygens (including phenoxy) is 2. The van der Waals surface area contributed by atoms with Crippen LogP contribution in [0.2, 0.25) is 5.02 Å². The molecule has 0 unspecified atom stereocenters. The van der Waals surface area contributed by atoms with Crippen LogP contribution in [-0.2, 0) is 25.2 Å². The molecule has 0 spiro atoms. The molecule has 0 aliphatic carbocycles. The molecule has 2 aromatic carbocycles. The van der Waals surface area contributed by atoms with Gasteiger partial charge in [-0.15, -0.1) is 0 Å². The number of hydrogen-bond donors (Lipinski definition) is 1. The number of hydrogen-bond acceptors (Lipinski definition) is 6. The first-order chi connectivity index (χ1) is 14.3. The molecule has 1 aliphatic rings. The number of amides is 1. The molecule has 10 heteroatoms. The van der Waals surface area contributed by atoms with E-state index in [1.54, 1.807) is 30.3 Å². The SMILES string of the molecule is COC(=O)c1cc(NC(=O)c2ccc(CS(=O)(=O)N3CCOCC3)cc2)ccc1Cl. The van der Waals surface area contributed by atoms with Crippen LogP contribution >= 0.6 is 11.6 Å². The number of benzene rings is 2. The highest BCUT2D eigenvalue weighted by Crippen LogP contribution is 2.22. The molecular weight excluding hydrogens is 432 g/mol. The van der Waals surface area contributed by atoms with E-state index in [1.165, 1.54) is 23.5 Å². The third-order valence-corrected chi connectivity index (χ3v) is 6.74. The van der Waals surface area contributed by atoms with Crippen molar-refractivity contribution in [3.05, 3.63) is 64.2 Å². The monoisotopic (exact) mass is 452 g/mol. The molecule has 160 valence electrons. The number of nitrogens with zero attached hydrogens (tertiary/aromatic N) is 1. The van der Waals surface area contributed by atoms with Crippen LogP contribution in [0.3, 0.4) is 0 Å². The van der Waals surface area contributed by atoms with Crippen LogP contribution in [0.4, 0.5) is 5.69 Å². The molecular formula is C20H21ClN2O6S. The topological polar surface area (TPSA) is 102 Å². The Morgan fingerprint density at radius 1 is 1.13 bits per heavy atom. The minimum atomic E-state index is -3.44. The second kappa shape index (κ2) is 9.57. The smallest absolute Gasteiger partial charge is 0.339 e. The van der Waals surface area contributed by atoms with Crippen LogP contribution in [0.15, 0.2) is 42.5 Å². The van der Waals surface area contributed by atoms with E-state index in [4.69, 9.17) is 16.3 Å². The molecule has 1 aliphatic heterocycles. The number of methoxy groups -OCH3 is 1. The van der Waals surface area contributed by atoms with Crippen molar-refractivity contribution in [2.45, 2.75) is 5.75 Å². The van der Waals surface area contributed by atoms with E-state index < -0.39 is 21.9 Å². The van der Waals surface area contributed by atoms with Crippen LogP contribution in [-0.4, -0.2) is 58.0 Å². The van der Waals surface area contributed by atoms with Gasteiger partial charge in [0.25, 0.3) is 5.91 Å². The Balaban J connectivity index is 1.67. The lowest BCUT2D eigenvalue weighted by Gasteiger charge is -2.26. The van der Waals surface area contributed by atoms with Gasteiger partial charge in [0.1, 0.15) is 0 Å². The summed E-state index contributed by atoms with van der Waals surface area (Å²) in [6.45, 7) is 1.47. The zero-order valence-electron chi connectivity index (χ0n) is 16.3. The molecule has 2 aromatic rings. The molecule has 0 aromatic heterocycles. The highest BCUT2D eigenvalue weighted by atomic mass is 35.5. The van der Waals surface area contributed by atoms with E-state index in [-0.39, 0.29) is 16.3 Å². The summed E-state index contributed by atoms with van der Waals surface area (Å²) in [5.41, 5.74) is 1.44. The quantitative estimate of drug-likeness (QED) is 0.676. The van der Waals surface area contributed by atoms with Gasteiger partial charge in [-0.2, -0.15) is 4.31 Å². The number of morpholine rings is 1. The van der Waals surface area contributed by atoms with Crippen LogP contribution in [0.5, 0.6) is 0 Å². The number of carbonyl (C=O) groups is 2. The van der Waals surface area contributed by atoms with Gasteiger partial charge in [-0.3, -0.25) is 4.79 Å². The van der Waals surface area contributed by atoms with Crippen LogP contribution in [0, 0.1) is 0 Å². The number of carbonyl (C=O) groups excluding carboxylic acids is 2. The Kier molecular flexibility index (Phi) is 7.09. The second-order valence-electron chi connectivity index (χ2n) is 6.60. The van der Waals surface area contributed by atoms with Crippen molar-refractivity contribution in [3.8, 4) is 0 Å². The minimum Gasteiger partial charge on any atom is -0.465 e. The minimum absolute atomic E-state index is 0.139. The van der Waals surface area contributed by atoms with Gasteiger partial charge in [0.05, 0.1) is 36.7 Å². The third-order valence-electron chi connectivity index (χ3n) is 4.56. The average molecular weight is 453 g/mol. The van der Waals surface area contributed by atoms with Gasteiger partial charge in [0, 0.05) is 24.3 Å². The predicted octanol–water partition coefficient (Wildman–Crippen LogP) is 2.54. The van der Waals surface area contributed by atoms with Gasteiger partial charge in [-0.25, -0.2) is 13.2 Å². The van der Waals surface area contributed by atoms with E-state index in [9.17, 15) is 18.0 Å². The first-order valence-corrected chi connectivity index (χ1v) is 11.1. The number of halogens is 1. The highest BCUT2D eigenvalue weighted by Gasteiger charge is 2.24. The van der Waals surface area contributed by atoms with Gasteiger partial charge in [-0.05, 0) is 35.9 Å². The molecule has 0 atom stereocenters. The largest absolute Gasteiger partial charge is 0.465 e. The maximum absolute atomic E-state index is 12.5. The first kappa shape index (κ1) is 22.2. The van der Waals surface area contributed by atoms with Crippen LogP contribution in [0.1, 0.15) is 26.3 Å². The maximum Gasteiger partial charge on any atom is 0.339 e. The number of esters is 1. The molecule has 3 rings (SSSR count). The second-order valence-corrected chi connectivity index (χ2v) is 8.98. The molecule has 0 bridgehead atoms. The van der Waals surface area contributed by atoms with Crippen molar-refractivity contribution in [1.82, 2.24) is 4.31 Å². The van der Waals surface area contributed by atoms with E-state index in [0.717, 1.165) is 0 Å². The first-order valence-electron chi connectivity index (χ1n) is 9.14. The van der Waals surface area contributed by atoms with Crippen molar-refractivity contribution >= 4 is 39.2 Å². The number of sulfonamides is 1. The summed E-state index contributed by atoms with van der Waals surface area (Å²) in [6.07, 6.45) is 0. The van der Waals surface area contributed by atoms with Gasteiger partial charge in [-0.1, -0.05) is 23.7 Å². The number of nitrogens with one attached hydrogen (secondary N) is 1. The Morgan fingerprint density at radius 3 is 2.43 bits per heavy atom. The van der Waals surface area contributed by atoms with Gasteiger partial charge < -0.3 is 14.8 Å². The standard InChI is InChI=1S/C20H21ClN2O6S/c1-28-20(25)17-12-16(6-7-18(17)21)22-19(24)15-4-2-14(3-5-15)13-30(26,27)23-8-10-29-11-9-23/h2-7,12H,8-11,13H2,1H3,(H,22,24). The molecule has 1 amide bonds. The van der Waals surface area contributed by atoms with E-state index in [2.05, 4.69) is 10.1 Å². The summed E-state index contributed by atoms with van der Waals surface area (Å²) in [5.74, 6) is -1.16. The third kappa shape index (κ3) is 5.37. The highest BCUT2D eigenvalue weighted by molar-refractivity contribution is 7.88. The molecule has 8 nitrogen and oxygen atoms in total. The van der Waals surface area contributed by atoms with Crippen LogP contribution in [0.25, 0.3) is 0 Å². The Bertz CT molecular complexity index is 1030. The fraction of sp³-hybridized carbons (Fsp3) is 0.300. The van der Waals surface area contributed by atoms with Crippen LogP contribution < -0.4 is 5.32 Å². The summed E-state index contributed by atoms with van der Waals surface area (Å²) in [6, 6.07) is 10.8. The summed E-state index contributed by atoms with van der Waals surface area (Å²) in [7, 11) is -2.20. The van der Waals surface area contributed by atoms with E-state index in [1.807, 2.05) is 0 Å². The van der Waals surface area contributed by atoms with Crippen molar-refractivity contribution in [3.63, 3.8) is 0 Å². The van der Waals surface area contributed by atoms with Crippen molar-refractivity contribution in [2.24, 2.45) is 0 Å². The molecule has 1 N–H and O–H groups in total. The summed E-state index contributed by atoms with van der Waals surface area (Å²) in [5, 5.41) is 2.89. The lowest BCUT2D eigenvalue weighted by molar-refractivity contribution is 0.0600. The van der Waals surface area contributed by atoms with E-state index >= 15 is 0 Å². The zero-order chi connectivity index (χ0) is 21.7. The average Bonchev–Trinajstić information content (AvgIpc) is 2.75. The predicted molar refractivity (Wildman–Crippen MR) is 112 cm³/mol. The van der Waals surface area contributed by atoms with Crippen molar-refractivity contribution in [2.75, 3.05) is 38.7 Å².